The summed E-state index contributed by atoms with van der Waals surface area (Å²) in [5.74, 6) is 1.01. The van der Waals surface area contributed by atoms with Crippen molar-refractivity contribution in [3.8, 4) is 11.5 Å². The maximum absolute atomic E-state index is 11.2. The Morgan fingerprint density at radius 1 is 1.33 bits per heavy atom. The van der Waals surface area contributed by atoms with Crippen LogP contribution in [0.2, 0.25) is 0 Å². The maximum Gasteiger partial charge on any atom is 0.321 e. The lowest BCUT2D eigenvalue weighted by Gasteiger charge is -2.18. The fraction of sp³-hybridized carbons (Fsp3) is 0.350. The van der Waals surface area contributed by atoms with E-state index in [9.17, 15) is 9.90 Å². The smallest absolute Gasteiger partial charge is 0.321 e. The van der Waals surface area contributed by atoms with Crippen LogP contribution in [0, 0.1) is 6.92 Å². The van der Waals surface area contributed by atoms with Crippen molar-refractivity contribution in [3.05, 3.63) is 57.6 Å². The first-order chi connectivity index (χ1) is 13.0. The lowest BCUT2D eigenvalue weighted by atomic mass is 10.1. The van der Waals surface area contributed by atoms with Crippen LogP contribution < -0.4 is 14.8 Å². The summed E-state index contributed by atoms with van der Waals surface area (Å²) in [6.07, 6.45) is 0. The van der Waals surface area contributed by atoms with Gasteiger partial charge < -0.3 is 14.6 Å². The van der Waals surface area contributed by atoms with Crippen LogP contribution in [0.1, 0.15) is 29.0 Å². The van der Waals surface area contributed by atoms with Crippen molar-refractivity contribution in [1.82, 2.24) is 5.32 Å². The quantitative estimate of drug-likeness (QED) is 0.644. The molecule has 0 saturated carbocycles. The van der Waals surface area contributed by atoms with Crippen LogP contribution in [-0.2, 0) is 11.4 Å². The number of hydrogen-bond acceptors (Lipinski definition) is 5. The lowest BCUT2D eigenvalue weighted by Crippen LogP contribution is -2.33. The Hall–Kier alpha value is -1.70. The normalized spacial score (nSPS) is 19.1. The number of thioether (sulfide) groups is 1. The minimum absolute atomic E-state index is 0.0907. The number of ether oxygens (including phenoxy) is 2. The zero-order valence-electron chi connectivity index (χ0n) is 15.2. The first kappa shape index (κ1) is 20.0. The summed E-state index contributed by atoms with van der Waals surface area (Å²) >= 11 is 5.17. The topological polar surface area (TPSA) is 67.8 Å². The van der Waals surface area contributed by atoms with E-state index in [1.807, 2.05) is 37.3 Å². The summed E-state index contributed by atoms with van der Waals surface area (Å²) in [5.41, 5.74) is 3.25. The first-order valence-electron chi connectivity index (χ1n) is 8.73. The van der Waals surface area contributed by atoms with Crippen LogP contribution >= 0.6 is 27.7 Å². The maximum atomic E-state index is 11.2. The summed E-state index contributed by atoms with van der Waals surface area (Å²) in [4.78, 5) is 11.2. The van der Waals surface area contributed by atoms with Gasteiger partial charge in [0.15, 0.2) is 11.5 Å². The molecule has 0 amide bonds. The van der Waals surface area contributed by atoms with Crippen LogP contribution in [0.5, 0.6) is 11.5 Å². The van der Waals surface area contributed by atoms with Gasteiger partial charge in [-0.2, -0.15) is 0 Å². The predicted molar refractivity (Wildman–Crippen MR) is 111 cm³/mol. The average molecular weight is 452 g/mol. The third-order valence-electron chi connectivity index (χ3n) is 4.35. The number of aryl methyl sites for hydroxylation is 1. The average Bonchev–Trinajstić information content (AvgIpc) is 3.13. The Bertz CT molecular complexity index is 830. The molecular formula is C20H22BrNO4S. The molecule has 7 heteroatoms. The number of rotatable bonds is 7. The molecule has 0 aliphatic carbocycles. The highest BCUT2D eigenvalue weighted by Crippen LogP contribution is 2.42. The molecule has 0 radical (unpaired) electrons. The second kappa shape index (κ2) is 8.99. The number of carboxylic acid groups (broad SMARTS) is 1. The second-order valence-electron chi connectivity index (χ2n) is 6.25. The van der Waals surface area contributed by atoms with Crippen molar-refractivity contribution in [2.24, 2.45) is 0 Å². The van der Waals surface area contributed by atoms with Gasteiger partial charge in [0.2, 0.25) is 0 Å². The number of carboxylic acids is 1. The number of halogens is 1. The highest BCUT2D eigenvalue weighted by Gasteiger charge is 2.31. The van der Waals surface area contributed by atoms with Gasteiger partial charge in [-0.25, -0.2) is 0 Å². The van der Waals surface area contributed by atoms with Crippen molar-refractivity contribution in [1.29, 1.82) is 0 Å². The number of nitrogens with one attached hydrogen (secondary N) is 1. The molecule has 0 aromatic heterocycles. The van der Waals surface area contributed by atoms with E-state index >= 15 is 0 Å². The predicted octanol–water partition coefficient (Wildman–Crippen LogP) is 4.52. The number of carbonyl (C=O) groups is 1. The van der Waals surface area contributed by atoms with Crippen LogP contribution in [0.15, 0.2) is 40.9 Å². The highest BCUT2D eigenvalue weighted by atomic mass is 79.9. The van der Waals surface area contributed by atoms with Gasteiger partial charge in [-0.3, -0.25) is 10.1 Å². The van der Waals surface area contributed by atoms with Gasteiger partial charge in [0.25, 0.3) is 0 Å². The van der Waals surface area contributed by atoms with E-state index in [1.54, 1.807) is 11.8 Å². The van der Waals surface area contributed by atoms with Crippen LogP contribution in [0.25, 0.3) is 0 Å². The van der Waals surface area contributed by atoms with Crippen molar-refractivity contribution < 1.29 is 19.4 Å². The van der Waals surface area contributed by atoms with E-state index in [4.69, 9.17) is 9.47 Å². The van der Waals surface area contributed by atoms with Gasteiger partial charge in [0, 0.05) is 5.75 Å². The number of aliphatic carboxylic acids is 1. The molecule has 1 aliphatic rings. The van der Waals surface area contributed by atoms with Gasteiger partial charge in [0.1, 0.15) is 12.6 Å². The minimum atomic E-state index is -0.827. The van der Waals surface area contributed by atoms with E-state index in [0.717, 1.165) is 15.6 Å². The van der Waals surface area contributed by atoms with Crippen LogP contribution in [-0.4, -0.2) is 29.5 Å². The van der Waals surface area contributed by atoms with Crippen molar-refractivity contribution in [2.45, 2.75) is 31.9 Å². The number of hydrogen-bond donors (Lipinski definition) is 2. The summed E-state index contributed by atoms with van der Waals surface area (Å²) in [6.45, 7) is 4.94. The van der Waals surface area contributed by atoms with Gasteiger partial charge in [-0.1, -0.05) is 24.3 Å². The molecule has 1 aliphatic heterocycles. The molecule has 5 nitrogen and oxygen atoms in total. The molecule has 27 heavy (non-hydrogen) atoms. The Balaban J connectivity index is 1.82. The third-order valence-corrected chi connectivity index (χ3v) is 6.20. The standard InChI is InChI=1S/C20H22BrNO4S/c1-3-25-17-9-14(19-22-16(11-27-19)20(23)24)8-15(21)18(17)26-10-13-7-5-4-6-12(13)2/h4-9,16,19,22H,3,10-11H2,1-2H3,(H,23,24)/t16-,19-/m1/s1. The molecule has 0 bridgehead atoms. The summed E-state index contributed by atoms with van der Waals surface area (Å²) in [6, 6.07) is 11.5. The molecule has 2 N–H and O–H groups in total. The van der Waals surface area contributed by atoms with E-state index in [2.05, 4.69) is 34.2 Å². The molecule has 1 saturated heterocycles. The summed E-state index contributed by atoms with van der Waals surface area (Å²) in [5, 5.41) is 12.2. The molecule has 3 rings (SSSR count). The Kier molecular flexibility index (Phi) is 6.68. The van der Waals surface area contributed by atoms with Crippen LogP contribution in [0.3, 0.4) is 0 Å². The molecular weight excluding hydrogens is 430 g/mol. The molecule has 0 unspecified atom stereocenters. The molecule has 1 fully saturated rings. The van der Waals surface area contributed by atoms with Crippen molar-refractivity contribution >= 4 is 33.7 Å². The first-order valence-corrected chi connectivity index (χ1v) is 10.6. The molecule has 1 heterocycles. The van der Waals surface area contributed by atoms with E-state index < -0.39 is 12.0 Å². The minimum Gasteiger partial charge on any atom is -0.490 e. The zero-order chi connectivity index (χ0) is 19.4. The van der Waals surface area contributed by atoms with Crippen molar-refractivity contribution in [3.63, 3.8) is 0 Å². The van der Waals surface area contributed by atoms with Gasteiger partial charge >= 0.3 is 5.97 Å². The van der Waals surface area contributed by atoms with Gasteiger partial charge in [0.05, 0.1) is 16.5 Å². The second-order valence-corrected chi connectivity index (χ2v) is 8.24. The molecule has 2 atom stereocenters. The SMILES string of the molecule is CCOc1cc([C@@H]2N[C@@H](C(=O)O)CS2)cc(Br)c1OCc1ccccc1C. The Morgan fingerprint density at radius 3 is 2.78 bits per heavy atom. The summed E-state index contributed by atoms with van der Waals surface area (Å²) < 4.78 is 12.7. The van der Waals surface area contributed by atoms with E-state index in [0.29, 0.717) is 30.5 Å². The summed E-state index contributed by atoms with van der Waals surface area (Å²) in [7, 11) is 0. The highest BCUT2D eigenvalue weighted by molar-refractivity contribution is 9.10. The fourth-order valence-corrected chi connectivity index (χ4v) is 4.66. The Labute approximate surface area is 171 Å². The van der Waals surface area contributed by atoms with E-state index in [1.165, 1.54) is 5.56 Å². The van der Waals surface area contributed by atoms with Gasteiger partial charge in [-0.15, -0.1) is 11.8 Å². The third kappa shape index (κ3) is 4.78. The lowest BCUT2D eigenvalue weighted by molar-refractivity contribution is -0.138. The molecule has 144 valence electrons. The largest absolute Gasteiger partial charge is 0.490 e. The fourth-order valence-electron chi connectivity index (χ4n) is 2.87. The number of benzene rings is 2. The monoisotopic (exact) mass is 451 g/mol. The molecule has 2 aromatic rings. The zero-order valence-corrected chi connectivity index (χ0v) is 17.6. The van der Waals surface area contributed by atoms with Crippen LogP contribution in [0.4, 0.5) is 0 Å². The van der Waals surface area contributed by atoms with Crippen molar-refractivity contribution in [2.75, 3.05) is 12.4 Å². The van der Waals surface area contributed by atoms with Gasteiger partial charge in [-0.05, 0) is 58.6 Å². The Morgan fingerprint density at radius 2 is 2.11 bits per heavy atom. The molecule has 2 aromatic carbocycles. The van der Waals surface area contributed by atoms with E-state index in [-0.39, 0.29) is 5.37 Å². The molecule has 0 spiro atoms.